The fraction of sp³-hybridized carbons (Fsp3) is 0.650. The van der Waals surface area contributed by atoms with Crippen LogP contribution >= 0.6 is 0 Å². The number of carbonyl (C=O) groups excluding carboxylic acids is 1. The maximum atomic E-state index is 13.1. The van der Waals surface area contributed by atoms with Gasteiger partial charge in [-0.1, -0.05) is 19.3 Å². The minimum atomic E-state index is -4.96. The van der Waals surface area contributed by atoms with Crippen molar-refractivity contribution in [2.24, 2.45) is 5.41 Å². The molecule has 2 atom stereocenters. The van der Waals surface area contributed by atoms with Crippen LogP contribution in [0.2, 0.25) is 0 Å². The second kappa shape index (κ2) is 7.03. The van der Waals surface area contributed by atoms with Crippen LogP contribution in [0.1, 0.15) is 56.1 Å². The number of fused-ring (bicyclic) bond motifs is 1. The molecular weight excluding hydrogens is 416 g/mol. The molecule has 30 heavy (non-hydrogen) atoms. The number of alkyl halides is 6. The summed E-state index contributed by atoms with van der Waals surface area (Å²) in [6.07, 6.45) is -4.54. The van der Waals surface area contributed by atoms with Gasteiger partial charge in [0.05, 0.1) is 17.7 Å². The summed E-state index contributed by atoms with van der Waals surface area (Å²) in [7, 11) is 0. The Bertz CT molecular complexity index is 799. The normalized spacial score (nSPS) is 28.9. The predicted molar refractivity (Wildman–Crippen MR) is 93.4 cm³/mol. The van der Waals surface area contributed by atoms with Gasteiger partial charge in [0.1, 0.15) is 6.04 Å². The zero-order valence-electron chi connectivity index (χ0n) is 16.0. The first-order valence-corrected chi connectivity index (χ1v) is 9.87. The topological polar surface area (TPSA) is 47.6 Å². The minimum Gasteiger partial charge on any atom is -0.431 e. The zero-order chi connectivity index (χ0) is 21.8. The number of hydrogen-bond acceptors (Lipinski definition) is 4. The molecule has 1 aromatic carbocycles. The molecule has 4 nitrogen and oxygen atoms in total. The summed E-state index contributed by atoms with van der Waals surface area (Å²) >= 11 is 0. The van der Waals surface area contributed by atoms with Gasteiger partial charge in [0, 0.05) is 17.5 Å². The molecule has 2 saturated heterocycles. The molecule has 1 aromatic rings. The number of esters is 1. The highest BCUT2D eigenvalue weighted by Gasteiger charge is 2.64. The van der Waals surface area contributed by atoms with Crippen molar-refractivity contribution in [3.8, 4) is 0 Å². The van der Waals surface area contributed by atoms with Gasteiger partial charge < -0.3 is 14.8 Å². The summed E-state index contributed by atoms with van der Waals surface area (Å²) in [6, 6.07) is 0.0988. The fourth-order valence-electron chi connectivity index (χ4n) is 5.00. The summed E-state index contributed by atoms with van der Waals surface area (Å²) in [5, 5.41) is 2.53. The van der Waals surface area contributed by atoms with Crippen molar-refractivity contribution in [3.05, 3.63) is 29.3 Å². The molecule has 2 heterocycles. The van der Waals surface area contributed by atoms with Gasteiger partial charge in [-0.2, -0.15) is 26.3 Å². The quantitative estimate of drug-likeness (QED) is 0.489. The van der Waals surface area contributed by atoms with Gasteiger partial charge in [-0.15, -0.1) is 0 Å². The zero-order valence-corrected chi connectivity index (χ0v) is 16.0. The van der Waals surface area contributed by atoms with Crippen LogP contribution in [-0.2, 0) is 26.6 Å². The Morgan fingerprint density at radius 1 is 0.900 bits per heavy atom. The van der Waals surface area contributed by atoms with Crippen molar-refractivity contribution in [1.82, 2.24) is 0 Å². The number of hydrogen-bond donors (Lipinski definition) is 1. The largest absolute Gasteiger partial charge is 0.431 e. The van der Waals surface area contributed by atoms with Gasteiger partial charge in [0.2, 0.25) is 5.79 Å². The molecule has 3 fully saturated rings. The Labute approximate surface area is 168 Å². The van der Waals surface area contributed by atoms with Gasteiger partial charge in [0.15, 0.2) is 0 Å². The molecule has 0 bridgehead atoms. The molecule has 1 aliphatic carbocycles. The Morgan fingerprint density at radius 3 is 2.07 bits per heavy atom. The van der Waals surface area contributed by atoms with E-state index in [4.69, 9.17) is 9.47 Å². The number of rotatable bonds is 2. The molecule has 1 N–H and O–H groups in total. The minimum absolute atomic E-state index is 0.0451. The van der Waals surface area contributed by atoms with Crippen molar-refractivity contribution in [1.29, 1.82) is 0 Å². The van der Waals surface area contributed by atoms with Gasteiger partial charge in [-0.05, 0) is 37.5 Å². The molecule has 3 aliphatic rings. The van der Waals surface area contributed by atoms with Crippen molar-refractivity contribution < 1.29 is 40.6 Å². The fourth-order valence-corrected chi connectivity index (χ4v) is 5.00. The number of ether oxygens (including phenoxy) is 2. The Balaban J connectivity index is 1.61. The van der Waals surface area contributed by atoms with E-state index in [0.29, 0.717) is 18.7 Å². The molecule has 10 heteroatoms. The average Bonchev–Trinajstić information content (AvgIpc) is 3.14. The second-order valence-corrected chi connectivity index (χ2v) is 8.31. The van der Waals surface area contributed by atoms with Gasteiger partial charge >= 0.3 is 18.3 Å². The second-order valence-electron chi connectivity index (χ2n) is 8.31. The molecule has 0 aromatic heterocycles. The first-order valence-electron chi connectivity index (χ1n) is 9.87. The van der Waals surface area contributed by atoms with Crippen LogP contribution in [0, 0.1) is 5.41 Å². The molecule has 166 valence electrons. The van der Waals surface area contributed by atoms with E-state index in [1.165, 1.54) is 0 Å². The van der Waals surface area contributed by atoms with E-state index in [9.17, 15) is 31.1 Å². The number of halogens is 6. The summed E-state index contributed by atoms with van der Waals surface area (Å²) in [6.45, 7) is 0.405. The van der Waals surface area contributed by atoms with Crippen LogP contribution < -0.4 is 5.32 Å². The van der Waals surface area contributed by atoms with Gasteiger partial charge in [-0.25, -0.2) is 4.79 Å². The van der Waals surface area contributed by atoms with Crippen LogP contribution in [0.25, 0.3) is 0 Å². The van der Waals surface area contributed by atoms with Crippen LogP contribution in [0.3, 0.4) is 0 Å². The third-order valence-corrected chi connectivity index (χ3v) is 6.49. The van der Waals surface area contributed by atoms with Crippen LogP contribution in [0.15, 0.2) is 18.2 Å². The highest BCUT2D eigenvalue weighted by Crippen LogP contribution is 2.57. The molecule has 1 saturated carbocycles. The lowest BCUT2D eigenvalue weighted by molar-refractivity contribution is -0.235. The SMILES string of the molecule is O=C1OC2(CC1Nc1cc(C(F)(F)F)cc(C(F)(F)F)c1)OCCC21CCCCC1. The van der Waals surface area contributed by atoms with E-state index in [1.807, 2.05) is 0 Å². The molecule has 2 spiro atoms. The van der Waals surface area contributed by atoms with E-state index in [1.54, 1.807) is 0 Å². The average molecular weight is 437 g/mol. The highest BCUT2D eigenvalue weighted by molar-refractivity contribution is 5.82. The van der Waals surface area contributed by atoms with E-state index in [2.05, 4.69) is 5.32 Å². The van der Waals surface area contributed by atoms with E-state index in [0.717, 1.165) is 38.5 Å². The summed E-state index contributed by atoms with van der Waals surface area (Å²) in [4.78, 5) is 12.5. The number of nitrogens with one attached hydrogen (secondary N) is 1. The van der Waals surface area contributed by atoms with Crippen molar-refractivity contribution >= 4 is 11.7 Å². The summed E-state index contributed by atoms with van der Waals surface area (Å²) in [5.74, 6) is -1.90. The third kappa shape index (κ3) is 3.63. The van der Waals surface area contributed by atoms with Gasteiger partial charge in [-0.3, -0.25) is 0 Å². The molecule has 2 aliphatic heterocycles. The van der Waals surface area contributed by atoms with Crippen molar-refractivity contribution in [2.45, 2.75) is 69.1 Å². The smallest absolute Gasteiger partial charge is 0.416 e. The monoisotopic (exact) mass is 437 g/mol. The predicted octanol–water partition coefficient (Wildman–Crippen LogP) is 5.52. The highest BCUT2D eigenvalue weighted by atomic mass is 19.4. The van der Waals surface area contributed by atoms with E-state index < -0.39 is 47.0 Å². The Morgan fingerprint density at radius 2 is 1.50 bits per heavy atom. The lowest BCUT2D eigenvalue weighted by Gasteiger charge is -2.43. The maximum Gasteiger partial charge on any atom is 0.416 e. The number of anilines is 1. The van der Waals surface area contributed by atoms with Crippen molar-refractivity contribution in [3.63, 3.8) is 0 Å². The Kier molecular flexibility index (Phi) is 4.99. The molecule has 2 unspecified atom stereocenters. The van der Waals surface area contributed by atoms with E-state index >= 15 is 0 Å². The van der Waals surface area contributed by atoms with Gasteiger partial charge in [0.25, 0.3) is 0 Å². The first kappa shape index (κ1) is 21.3. The van der Waals surface area contributed by atoms with Crippen LogP contribution in [0.4, 0.5) is 32.0 Å². The maximum absolute atomic E-state index is 13.1. The number of carbonyl (C=O) groups is 1. The molecule has 4 rings (SSSR count). The first-order chi connectivity index (χ1) is 13.9. The standard InChI is InChI=1S/C20H21F6NO3/c21-19(22,23)12-8-13(20(24,25)26)10-14(9-12)27-15-11-18(30-16(15)28)17(6-7-29-18)4-2-1-3-5-17/h8-10,15,27H,1-7,11H2. The van der Waals surface area contributed by atoms with Crippen LogP contribution in [0.5, 0.6) is 0 Å². The summed E-state index contributed by atoms with van der Waals surface area (Å²) in [5.41, 5.74) is -3.67. The lowest BCUT2D eigenvalue weighted by Crippen LogP contribution is -2.46. The lowest BCUT2D eigenvalue weighted by atomic mass is 9.66. The van der Waals surface area contributed by atoms with Crippen LogP contribution in [-0.4, -0.2) is 24.4 Å². The number of benzene rings is 1. The molecule has 0 radical (unpaired) electrons. The summed E-state index contributed by atoms with van der Waals surface area (Å²) < 4.78 is 90.1. The molecule has 0 amide bonds. The van der Waals surface area contributed by atoms with E-state index in [-0.39, 0.29) is 17.9 Å². The third-order valence-electron chi connectivity index (χ3n) is 6.49. The molecular formula is C20H21F6NO3. The van der Waals surface area contributed by atoms with Crippen molar-refractivity contribution in [2.75, 3.05) is 11.9 Å². The Hall–Kier alpha value is -1.97.